The minimum absolute atomic E-state index is 0. The quantitative estimate of drug-likeness (QED) is 0.252. The van der Waals surface area contributed by atoms with E-state index in [9.17, 15) is 4.79 Å². The second kappa shape index (κ2) is 7.72. The molecular weight excluding hydrogens is 189 g/mol. The molecule has 66 valence electrons. The summed E-state index contributed by atoms with van der Waals surface area (Å²) in [5.41, 5.74) is 4.53. The highest BCUT2D eigenvalue weighted by molar-refractivity contribution is 7.79. The summed E-state index contributed by atoms with van der Waals surface area (Å²) in [6, 6.07) is 0. The van der Waals surface area contributed by atoms with E-state index in [-0.39, 0.29) is 17.4 Å². The van der Waals surface area contributed by atoms with E-state index in [1.807, 2.05) is 0 Å². The van der Waals surface area contributed by atoms with E-state index in [2.05, 4.69) is 12.3 Å². The van der Waals surface area contributed by atoms with Gasteiger partial charge in [-0.15, -0.1) is 0 Å². The van der Waals surface area contributed by atoms with Crippen LogP contribution in [0.15, 0.2) is 12.7 Å². The summed E-state index contributed by atoms with van der Waals surface area (Å²) >= 11 is 0. The van der Waals surface area contributed by atoms with E-state index in [1.165, 1.54) is 0 Å². The molecule has 4 N–H and O–H groups in total. The van der Waals surface area contributed by atoms with E-state index in [1.54, 1.807) is 0 Å². The normalized spacial score (nSPS) is 8.18. The molecule has 0 aliphatic rings. The zero-order valence-electron chi connectivity index (χ0n) is 4.89. The molecule has 0 rings (SSSR count). The van der Waals surface area contributed by atoms with Crippen LogP contribution in [-0.2, 0) is 15.2 Å². The Bertz CT molecular complexity index is 202. The highest BCUT2D eigenvalue weighted by Gasteiger charge is 1.84. The summed E-state index contributed by atoms with van der Waals surface area (Å²) in [4.78, 5) is 9.47. The largest absolute Gasteiger partial charge is 0.394 e. The van der Waals surface area contributed by atoms with Gasteiger partial charge in [-0.25, -0.2) is 0 Å². The van der Waals surface area contributed by atoms with Crippen LogP contribution in [0.4, 0.5) is 0 Å². The van der Waals surface area contributed by atoms with Gasteiger partial charge in [0.25, 0.3) is 0 Å². The second-order valence-electron chi connectivity index (χ2n) is 1.05. The molecule has 0 atom stereocenters. The first kappa shape index (κ1) is 16.9. The van der Waals surface area contributed by atoms with Crippen molar-refractivity contribution in [2.45, 2.75) is 0 Å². The molecule has 0 aromatic carbocycles. The van der Waals surface area contributed by atoms with Gasteiger partial charge in [0.1, 0.15) is 0 Å². The number of nitrogens with two attached hydrogens (primary N) is 1. The summed E-state index contributed by atoms with van der Waals surface area (Å²) in [5.74, 6) is -0.481. The fourth-order valence-electron chi connectivity index (χ4n) is 0. The molecule has 0 saturated carbocycles. The van der Waals surface area contributed by atoms with E-state index >= 15 is 0 Å². The predicted octanol–water partition coefficient (Wildman–Crippen LogP) is -2.18. The Balaban J connectivity index is -0.000000107. The maximum atomic E-state index is 9.47. The molecule has 6 nitrogen and oxygen atoms in total. The molecule has 0 aliphatic carbocycles. The first-order valence-corrected chi connectivity index (χ1v) is 3.29. The van der Waals surface area contributed by atoms with Crippen LogP contribution in [0.25, 0.3) is 0 Å². The van der Waals surface area contributed by atoms with Crippen LogP contribution in [0.2, 0.25) is 0 Å². The molecule has 0 spiro atoms. The zero-order valence-corrected chi connectivity index (χ0v) is 5.71. The zero-order chi connectivity index (χ0) is 8.78. The Kier molecular flexibility index (Phi) is 11.9. The molecular formula is C3H10AlNO5S. The van der Waals surface area contributed by atoms with Gasteiger partial charge in [-0.1, -0.05) is 6.58 Å². The maximum Gasteiger partial charge on any atom is 0.394 e. The molecule has 0 saturated heterocycles. The lowest BCUT2D eigenvalue weighted by Crippen LogP contribution is -2.04. The fourth-order valence-corrected chi connectivity index (χ4v) is 0. The van der Waals surface area contributed by atoms with E-state index in [0.717, 1.165) is 6.08 Å². The molecule has 0 radical (unpaired) electrons. The van der Waals surface area contributed by atoms with Gasteiger partial charge in [-0.05, 0) is 6.08 Å². The summed E-state index contributed by atoms with van der Waals surface area (Å²) < 4.78 is 31.6. The number of hydrogen-bond acceptors (Lipinski definition) is 3. The number of carbonyl (C=O) groups excluding carboxylic acids is 1. The van der Waals surface area contributed by atoms with Crippen LogP contribution in [-0.4, -0.2) is 40.8 Å². The molecule has 1 amide bonds. The van der Waals surface area contributed by atoms with Crippen molar-refractivity contribution in [1.82, 2.24) is 0 Å². The standard InChI is InChI=1S/C3H5NO.Al.H2O4S.3H/c1-2-3(4)5;;1-5(2,3)4;;;/h2H,1H2,(H2,4,5);;(H2,1,2,3,4);;;. The Morgan fingerprint density at radius 1 is 1.45 bits per heavy atom. The molecule has 8 heteroatoms. The van der Waals surface area contributed by atoms with E-state index in [4.69, 9.17) is 17.5 Å². The van der Waals surface area contributed by atoms with Crippen molar-refractivity contribution >= 4 is 33.7 Å². The summed E-state index contributed by atoms with van der Waals surface area (Å²) in [6.45, 7) is 3.09. The van der Waals surface area contributed by atoms with Crippen LogP contribution in [0, 0.1) is 0 Å². The number of primary amides is 1. The van der Waals surface area contributed by atoms with Gasteiger partial charge in [0.15, 0.2) is 17.4 Å². The predicted molar refractivity (Wildman–Crippen MR) is 43.5 cm³/mol. The van der Waals surface area contributed by atoms with Crippen molar-refractivity contribution in [3.05, 3.63) is 12.7 Å². The summed E-state index contributed by atoms with van der Waals surface area (Å²) in [7, 11) is -4.67. The van der Waals surface area contributed by atoms with Crippen LogP contribution < -0.4 is 5.73 Å². The van der Waals surface area contributed by atoms with Crippen molar-refractivity contribution in [2.24, 2.45) is 5.73 Å². The van der Waals surface area contributed by atoms with Gasteiger partial charge in [0.05, 0.1) is 0 Å². The van der Waals surface area contributed by atoms with Crippen molar-refractivity contribution in [3.63, 3.8) is 0 Å². The van der Waals surface area contributed by atoms with Gasteiger partial charge in [-0.2, -0.15) is 8.42 Å². The van der Waals surface area contributed by atoms with Gasteiger partial charge in [-0.3, -0.25) is 13.9 Å². The van der Waals surface area contributed by atoms with Crippen molar-refractivity contribution in [1.29, 1.82) is 0 Å². The molecule has 0 aromatic rings. The van der Waals surface area contributed by atoms with Crippen LogP contribution in [0.5, 0.6) is 0 Å². The minimum atomic E-state index is -4.67. The Hall–Kier alpha value is -0.388. The van der Waals surface area contributed by atoms with Crippen LogP contribution in [0.1, 0.15) is 0 Å². The van der Waals surface area contributed by atoms with Crippen molar-refractivity contribution in [2.75, 3.05) is 0 Å². The Morgan fingerprint density at radius 2 is 1.55 bits per heavy atom. The third kappa shape index (κ3) is 214. The lowest BCUT2D eigenvalue weighted by Gasteiger charge is -1.68. The average Bonchev–Trinajstić information content (AvgIpc) is 1.61. The van der Waals surface area contributed by atoms with Gasteiger partial charge < -0.3 is 5.73 Å². The third-order valence-electron chi connectivity index (χ3n) is 0.201. The SMILES string of the molecule is C=CC(N)=O.O=S(=O)(O)O.[AlH3]. The highest BCUT2D eigenvalue weighted by Crippen LogP contribution is 1.59. The molecule has 0 unspecified atom stereocenters. The third-order valence-corrected chi connectivity index (χ3v) is 0.201. The number of carbonyl (C=O) groups is 1. The maximum absolute atomic E-state index is 9.47. The Labute approximate surface area is 74.8 Å². The topological polar surface area (TPSA) is 118 Å². The monoisotopic (exact) mass is 199 g/mol. The molecule has 0 bridgehead atoms. The first-order valence-electron chi connectivity index (χ1n) is 1.89. The fraction of sp³-hybridized carbons (Fsp3) is 0. The van der Waals surface area contributed by atoms with Crippen molar-refractivity contribution in [3.8, 4) is 0 Å². The van der Waals surface area contributed by atoms with E-state index in [0.29, 0.717) is 0 Å². The Morgan fingerprint density at radius 3 is 1.55 bits per heavy atom. The number of amides is 1. The molecule has 0 aliphatic heterocycles. The summed E-state index contributed by atoms with van der Waals surface area (Å²) in [6.07, 6.45) is 1.06. The molecule has 11 heavy (non-hydrogen) atoms. The van der Waals surface area contributed by atoms with Crippen molar-refractivity contribution < 1.29 is 22.3 Å². The second-order valence-corrected chi connectivity index (χ2v) is 1.95. The van der Waals surface area contributed by atoms with Crippen LogP contribution >= 0.6 is 0 Å². The average molecular weight is 199 g/mol. The highest BCUT2D eigenvalue weighted by atomic mass is 32.3. The molecule has 0 fully saturated rings. The number of hydrogen-bond donors (Lipinski definition) is 3. The first-order chi connectivity index (χ1) is 4.27. The van der Waals surface area contributed by atoms with Gasteiger partial charge in [0, 0.05) is 0 Å². The van der Waals surface area contributed by atoms with Gasteiger partial charge >= 0.3 is 10.4 Å². The van der Waals surface area contributed by atoms with Gasteiger partial charge in [0.2, 0.25) is 5.91 Å². The van der Waals surface area contributed by atoms with Crippen LogP contribution in [0.3, 0.4) is 0 Å². The molecule has 0 aromatic heterocycles. The molecule has 0 heterocycles. The smallest absolute Gasteiger partial charge is 0.366 e. The lowest BCUT2D eigenvalue weighted by molar-refractivity contribution is -0.113. The number of rotatable bonds is 1. The summed E-state index contributed by atoms with van der Waals surface area (Å²) in [5, 5.41) is 0. The lowest BCUT2D eigenvalue weighted by atomic mass is 10.6. The van der Waals surface area contributed by atoms with E-state index < -0.39 is 16.3 Å². The minimum Gasteiger partial charge on any atom is -0.366 e.